The first-order chi connectivity index (χ1) is 19.8. The lowest BCUT2D eigenvalue weighted by Gasteiger charge is -2.21. The fourth-order valence-electron chi connectivity index (χ4n) is 4.66. The van der Waals surface area contributed by atoms with Crippen molar-refractivity contribution in [3.63, 3.8) is 0 Å². The zero-order valence-corrected chi connectivity index (χ0v) is 23.7. The molecule has 2 aliphatic rings. The van der Waals surface area contributed by atoms with Gasteiger partial charge in [0.1, 0.15) is 20.5 Å². The Labute approximate surface area is 246 Å². The minimum Gasteiger partial charge on any atom is -0.381 e. The number of hydrazone groups is 2. The van der Waals surface area contributed by atoms with Crippen molar-refractivity contribution < 1.29 is 14.8 Å². The first-order valence-electron chi connectivity index (χ1n) is 13.0. The number of guanidine groups is 2. The number of ether oxygens (including phenoxy) is 1. The van der Waals surface area contributed by atoms with E-state index >= 15 is 0 Å². The van der Waals surface area contributed by atoms with Crippen LogP contribution in [0, 0.1) is 20.2 Å². The third kappa shape index (κ3) is 9.09. The van der Waals surface area contributed by atoms with E-state index in [1.807, 2.05) is 31.7 Å². The van der Waals surface area contributed by atoms with Crippen LogP contribution in [-0.2, 0) is 17.8 Å². The number of hydrogen-bond acceptors (Lipinski definition) is 7. The van der Waals surface area contributed by atoms with Crippen LogP contribution in [0.15, 0.2) is 46.9 Å². The van der Waals surface area contributed by atoms with Crippen LogP contribution in [0.1, 0.15) is 24.0 Å². The lowest BCUT2D eigenvalue weighted by Crippen LogP contribution is -2.35. The number of aromatic nitrogens is 2. The van der Waals surface area contributed by atoms with Crippen molar-refractivity contribution in [3.8, 4) is 0 Å². The Morgan fingerprint density at radius 3 is 1.51 bits per heavy atom. The second-order valence-electron chi connectivity index (χ2n) is 9.39. The number of nitrogens with zero attached hydrogens (tertiary/aromatic N) is 10. The van der Waals surface area contributed by atoms with E-state index in [1.165, 1.54) is 0 Å². The van der Waals surface area contributed by atoms with Gasteiger partial charge in [0.25, 0.3) is 11.9 Å². The van der Waals surface area contributed by atoms with Crippen molar-refractivity contribution in [2.24, 2.45) is 10.2 Å². The summed E-state index contributed by atoms with van der Waals surface area (Å²) in [6, 6.07) is 7.03. The molecule has 0 atom stereocenters. The Balaban J connectivity index is 1.18. The molecule has 0 saturated carbocycles. The molecule has 2 aromatic heterocycles. The molecule has 15 nitrogen and oxygen atoms in total. The number of halogens is 2. The number of rotatable bonds is 14. The highest BCUT2D eigenvalue weighted by atomic mass is 35.5. The molecule has 17 heteroatoms. The average Bonchev–Trinajstić information content (AvgIpc) is 3.48. The number of pyridine rings is 2. The van der Waals surface area contributed by atoms with Crippen LogP contribution in [0.25, 0.3) is 0 Å². The highest BCUT2D eigenvalue weighted by Gasteiger charge is 2.30. The van der Waals surface area contributed by atoms with Gasteiger partial charge in [-0.2, -0.15) is 0 Å². The van der Waals surface area contributed by atoms with Crippen LogP contribution >= 0.6 is 23.2 Å². The Kier molecular flexibility index (Phi) is 10.8. The van der Waals surface area contributed by atoms with Gasteiger partial charge >= 0.3 is 0 Å². The van der Waals surface area contributed by atoms with Gasteiger partial charge in [-0.15, -0.1) is 0 Å². The number of nitro groups is 2. The van der Waals surface area contributed by atoms with E-state index in [2.05, 4.69) is 20.2 Å². The summed E-state index contributed by atoms with van der Waals surface area (Å²) < 4.78 is 5.78. The number of hydrogen-bond donors (Lipinski definition) is 0. The Morgan fingerprint density at radius 2 is 1.15 bits per heavy atom. The minimum atomic E-state index is -0.681. The summed E-state index contributed by atoms with van der Waals surface area (Å²) in [6.07, 6.45) is 4.61. The fourth-order valence-corrected chi connectivity index (χ4v) is 4.89. The van der Waals surface area contributed by atoms with Gasteiger partial charge in [-0.1, -0.05) is 35.3 Å². The molecule has 0 radical (unpaired) electrons. The SMILES string of the molecule is O=[N+]([O-])/N=C1/N(CCCOCCCN2CCN(Cc3ccc(Cl)nc3)/C2=N\[N+](=O)[O-])CCN1Cc1ccc(Cl)nc1. The molecule has 41 heavy (non-hydrogen) atoms. The summed E-state index contributed by atoms with van der Waals surface area (Å²) in [4.78, 5) is 37.9. The van der Waals surface area contributed by atoms with E-state index in [1.54, 1.807) is 24.5 Å². The lowest BCUT2D eigenvalue weighted by atomic mass is 10.3. The van der Waals surface area contributed by atoms with Crippen molar-refractivity contribution in [2.75, 3.05) is 52.5 Å². The predicted octanol–water partition coefficient (Wildman–Crippen LogP) is 2.61. The zero-order valence-electron chi connectivity index (χ0n) is 22.2. The van der Waals surface area contributed by atoms with Gasteiger partial charge < -0.3 is 24.3 Å². The minimum absolute atomic E-state index is 0.315. The second kappa shape index (κ2) is 14.7. The molecule has 0 aliphatic carbocycles. The van der Waals surface area contributed by atoms with Gasteiger partial charge in [-0.25, -0.2) is 30.2 Å². The monoisotopic (exact) mass is 608 g/mol. The van der Waals surface area contributed by atoms with E-state index in [0.29, 0.717) is 101 Å². The highest BCUT2D eigenvalue weighted by molar-refractivity contribution is 6.29. The van der Waals surface area contributed by atoms with Crippen molar-refractivity contribution in [2.45, 2.75) is 25.9 Å². The normalized spacial score (nSPS) is 17.3. The van der Waals surface area contributed by atoms with Crippen LogP contribution < -0.4 is 0 Å². The van der Waals surface area contributed by atoms with Gasteiger partial charge in [-0.05, 0) is 36.1 Å². The van der Waals surface area contributed by atoms with Gasteiger partial charge in [0.05, 0.1) is 0 Å². The van der Waals surface area contributed by atoms with Crippen LogP contribution in [0.5, 0.6) is 0 Å². The Morgan fingerprint density at radius 1 is 0.732 bits per heavy atom. The zero-order chi connectivity index (χ0) is 29.2. The fraction of sp³-hybridized carbons (Fsp3) is 0.500. The lowest BCUT2D eigenvalue weighted by molar-refractivity contribution is -0.486. The smallest absolute Gasteiger partial charge is 0.274 e. The second-order valence-corrected chi connectivity index (χ2v) is 10.2. The first kappa shape index (κ1) is 30.1. The predicted molar refractivity (Wildman–Crippen MR) is 151 cm³/mol. The van der Waals surface area contributed by atoms with Gasteiger partial charge in [0.15, 0.2) is 10.1 Å². The summed E-state index contributed by atoms with van der Waals surface area (Å²) in [5.41, 5.74) is 1.76. The average molecular weight is 609 g/mol. The van der Waals surface area contributed by atoms with Crippen molar-refractivity contribution in [1.29, 1.82) is 0 Å². The van der Waals surface area contributed by atoms with E-state index in [9.17, 15) is 20.2 Å². The molecule has 0 unspecified atom stereocenters. The molecule has 2 aliphatic heterocycles. The molecule has 4 rings (SSSR count). The topological polar surface area (TPSA) is 159 Å². The van der Waals surface area contributed by atoms with Gasteiger partial charge in [0, 0.05) is 78.0 Å². The maximum Gasteiger partial charge on any atom is 0.274 e. The molecule has 0 spiro atoms. The van der Waals surface area contributed by atoms with Crippen molar-refractivity contribution in [1.82, 2.24) is 29.6 Å². The van der Waals surface area contributed by atoms with Crippen LogP contribution in [-0.4, -0.2) is 104 Å². The summed E-state index contributed by atoms with van der Waals surface area (Å²) in [5.74, 6) is 0.631. The van der Waals surface area contributed by atoms with E-state index < -0.39 is 10.1 Å². The molecule has 0 amide bonds. The quantitative estimate of drug-likeness (QED) is 0.134. The molecule has 2 aromatic rings. The largest absolute Gasteiger partial charge is 0.381 e. The molecule has 0 N–H and O–H groups in total. The summed E-state index contributed by atoms with van der Waals surface area (Å²) in [5, 5.41) is 29.0. The van der Waals surface area contributed by atoms with Gasteiger partial charge in [0.2, 0.25) is 0 Å². The third-order valence-corrected chi connectivity index (χ3v) is 6.96. The molecule has 0 aromatic carbocycles. The standard InChI is InChI=1S/C24H30Cl2N10O5/c25-21-5-3-19(15-27-21)17-33-11-9-31(23(33)29-35(37)38)7-1-13-41-14-2-8-32-10-12-34(24(32)30-36(39)40)18-20-4-6-22(26)28-16-20/h3-6,15-16H,1-2,7-14,17-18H2/b29-23-,30-24-. The molecule has 0 bridgehead atoms. The maximum atomic E-state index is 11.2. The summed E-state index contributed by atoms with van der Waals surface area (Å²) in [6.45, 7) is 5.37. The summed E-state index contributed by atoms with van der Waals surface area (Å²) >= 11 is 11.7. The van der Waals surface area contributed by atoms with Crippen molar-refractivity contribution >= 4 is 35.1 Å². The Bertz CT molecular complexity index is 1150. The van der Waals surface area contributed by atoms with Crippen LogP contribution in [0.2, 0.25) is 10.3 Å². The highest BCUT2D eigenvalue weighted by Crippen LogP contribution is 2.17. The van der Waals surface area contributed by atoms with Crippen LogP contribution in [0.4, 0.5) is 0 Å². The van der Waals surface area contributed by atoms with E-state index in [4.69, 9.17) is 27.9 Å². The molecule has 4 heterocycles. The van der Waals surface area contributed by atoms with E-state index in [-0.39, 0.29) is 0 Å². The van der Waals surface area contributed by atoms with Crippen LogP contribution in [0.3, 0.4) is 0 Å². The van der Waals surface area contributed by atoms with Crippen molar-refractivity contribution in [3.05, 3.63) is 78.3 Å². The Hall–Kier alpha value is -3.82. The molecule has 2 fully saturated rings. The maximum absolute atomic E-state index is 11.2. The third-order valence-electron chi connectivity index (χ3n) is 6.51. The summed E-state index contributed by atoms with van der Waals surface area (Å²) in [7, 11) is 0. The molecular formula is C24H30Cl2N10O5. The van der Waals surface area contributed by atoms with E-state index in [0.717, 1.165) is 11.1 Å². The molecular weight excluding hydrogens is 579 g/mol. The molecule has 220 valence electrons. The molecule has 2 saturated heterocycles. The van der Waals surface area contributed by atoms with Gasteiger partial charge in [-0.3, -0.25) is 0 Å². The first-order valence-corrected chi connectivity index (χ1v) is 13.8.